The van der Waals surface area contributed by atoms with E-state index in [0.29, 0.717) is 11.5 Å². The summed E-state index contributed by atoms with van der Waals surface area (Å²) in [6, 6.07) is 6.19. The topological polar surface area (TPSA) is 51.2 Å². The number of carbonyl (C=O) groups is 1. The molecule has 1 heterocycles. The summed E-state index contributed by atoms with van der Waals surface area (Å²) in [6.07, 6.45) is 1.58. The fourth-order valence-corrected chi connectivity index (χ4v) is 2.64. The molecule has 0 fully saturated rings. The van der Waals surface area contributed by atoms with E-state index in [2.05, 4.69) is 23.5 Å². The van der Waals surface area contributed by atoms with E-state index in [1.165, 1.54) is 16.9 Å². The molecule has 0 saturated heterocycles. The summed E-state index contributed by atoms with van der Waals surface area (Å²) in [7, 11) is 0. The van der Waals surface area contributed by atoms with Crippen molar-refractivity contribution in [2.75, 3.05) is 6.61 Å². The van der Waals surface area contributed by atoms with Crippen LogP contribution in [0.4, 0.5) is 0 Å². The summed E-state index contributed by atoms with van der Waals surface area (Å²) in [5.74, 6) is -0.254. The minimum Gasteiger partial charge on any atom is -0.274 e. The second-order valence-electron chi connectivity index (χ2n) is 4.21. The van der Waals surface area contributed by atoms with E-state index in [0.717, 1.165) is 16.1 Å². The summed E-state index contributed by atoms with van der Waals surface area (Å²) >= 11 is 1.36. The number of aromatic nitrogens is 1. The van der Waals surface area contributed by atoms with Crippen molar-refractivity contribution < 1.29 is 9.63 Å². The van der Waals surface area contributed by atoms with Crippen molar-refractivity contribution in [1.82, 2.24) is 10.5 Å². The van der Waals surface area contributed by atoms with Crippen LogP contribution in [0.3, 0.4) is 0 Å². The van der Waals surface area contributed by atoms with E-state index in [9.17, 15) is 4.79 Å². The van der Waals surface area contributed by atoms with Gasteiger partial charge in [0.2, 0.25) is 0 Å². The van der Waals surface area contributed by atoms with Crippen LogP contribution < -0.4 is 5.48 Å². The molecular formula is C14H16N2O2S. The van der Waals surface area contributed by atoms with Gasteiger partial charge >= 0.3 is 0 Å². The summed E-state index contributed by atoms with van der Waals surface area (Å²) < 4.78 is 0. The van der Waals surface area contributed by atoms with Gasteiger partial charge in [0.1, 0.15) is 9.88 Å². The lowest BCUT2D eigenvalue weighted by molar-refractivity contribution is 0.0368. The van der Waals surface area contributed by atoms with E-state index in [1.54, 1.807) is 6.20 Å². The number of benzene rings is 1. The first-order valence-electron chi connectivity index (χ1n) is 6.07. The molecule has 4 nitrogen and oxygen atoms in total. The molecule has 0 bridgehead atoms. The van der Waals surface area contributed by atoms with Gasteiger partial charge in [-0.1, -0.05) is 23.8 Å². The average Bonchev–Trinajstić information content (AvgIpc) is 2.85. The number of nitrogens with one attached hydrogen (secondary N) is 1. The lowest BCUT2D eigenvalue weighted by Gasteiger charge is -2.03. The molecule has 0 unspecified atom stereocenters. The highest BCUT2D eigenvalue weighted by Crippen LogP contribution is 2.28. The van der Waals surface area contributed by atoms with Crippen molar-refractivity contribution in [1.29, 1.82) is 0 Å². The Balaban J connectivity index is 2.23. The second-order valence-corrected chi connectivity index (χ2v) is 5.24. The molecule has 0 aliphatic rings. The highest BCUT2D eigenvalue weighted by Gasteiger charge is 2.12. The van der Waals surface area contributed by atoms with Crippen LogP contribution in [0.25, 0.3) is 10.6 Å². The van der Waals surface area contributed by atoms with Crippen LogP contribution in [-0.4, -0.2) is 17.5 Å². The predicted octanol–water partition coefficient (Wildman–Crippen LogP) is 3.11. The van der Waals surface area contributed by atoms with Crippen LogP contribution in [0.5, 0.6) is 0 Å². The molecule has 100 valence electrons. The van der Waals surface area contributed by atoms with Crippen molar-refractivity contribution in [2.45, 2.75) is 20.8 Å². The fourth-order valence-electron chi connectivity index (χ4n) is 1.75. The van der Waals surface area contributed by atoms with Crippen LogP contribution in [0, 0.1) is 13.8 Å². The SMILES string of the molecule is CCONC(=O)c1cnc(-c2ccc(C)cc2C)s1. The molecule has 0 spiro atoms. The van der Waals surface area contributed by atoms with Crippen molar-refractivity contribution in [3.05, 3.63) is 40.4 Å². The largest absolute Gasteiger partial charge is 0.286 e. The Morgan fingerprint density at radius 2 is 2.21 bits per heavy atom. The number of thiazole rings is 1. The van der Waals surface area contributed by atoms with Gasteiger partial charge in [0.05, 0.1) is 12.8 Å². The minimum absolute atomic E-state index is 0.254. The standard InChI is InChI=1S/C14H16N2O2S/c1-4-18-16-13(17)12-8-15-14(19-12)11-6-5-9(2)7-10(11)3/h5-8H,4H2,1-3H3,(H,16,17). The summed E-state index contributed by atoms with van der Waals surface area (Å²) in [5.41, 5.74) is 5.80. The molecule has 0 radical (unpaired) electrons. The van der Waals surface area contributed by atoms with Crippen LogP contribution in [0.2, 0.25) is 0 Å². The molecule has 19 heavy (non-hydrogen) atoms. The average molecular weight is 276 g/mol. The van der Waals surface area contributed by atoms with Crippen LogP contribution >= 0.6 is 11.3 Å². The van der Waals surface area contributed by atoms with Crippen molar-refractivity contribution in [3.8, 4) is 10.6 Å². The van der Waals surface area contributed by atoms with E-state index >= 15 is 0 Å². The zero-order valence-corrected chi connectivity index (χ0v) is 12.0. The van der Waals surface area contributed by atoms with Crippen LogP contribution in [0.1, 0.15) is 27.7 Å². The first kappa shape index (κ1) is 13.7. The minimum atomic E-state index is -0.254. The van der Waals surface area contributed by atoms with Gasteiger partial charge in [0, 0.05) is 5.56 Å². The van der Waals surface area contributed by atoms with Crippen molar-refractivity contribution in [3.63, 3.8) is 0 Å². The number of rotatable bonds is 4. The van der Waals surface area contributed by atoms with Crippen LogP contribution in [0.15, 0.2) is 24.4 Å². The molecular weight excluding hydrogens is 260 g/mol. The van der Waals surface area contributed by atoms with Crippen molar-refractivity contribution in [2.24, 2.45) is 0 Å². The highest BCUT2D eigenvalue weighted by atomic mass is 32.1. The molecule has 2 aromatic rings. The Labute approximate surface area is 116 Å². The highest BCUT2D eigenvalue weighted by molar-refractivity contribution is 7.16. The molecule has 1 aromatic heterocycles. The number of carbonyl (C=O) groups excluding carboxylic acids is 1. The molecule has 1 N–H and O–H groups in total. The normalized spacial score (nSPS) is 10.5. The zero-order chi connectivity index (χ0) is 13.8. The second kappa shape index (κ2) is 5.95. The number of aryl methyl sites for hydroxylation is 2. The molecule has 0 atom stereocenters. The van der Waals surface area contributed by atoms with Gasteiger partial charge < -0.3 is 0 Å². The van der Waals surface area contributed by atoms with Gasteiger partial charge in [0.15, 0.2) is 0 Å². The van der Waals surface area contributed by atoms with Gasteiger partial charge in [-0.3, -0.25) is 9.63 Å². The third-order valence-corrected chi connectivity index (χ3v) is 3.68. The first-order chi connectivity index (χ1) is 9.11. The number of hydrogen-bond donors (Lipinski definition) is 1. The van der Waals surface area contributed by atoms with Gasteiger partial charge in [-0.25, -0.2) is 10.5 Å². The van der Waals surface area contributed by atoms with Crippen molar-refractivity contribution >= 4 is 17.2 Å². The maximum Gasteiger partial charge on any atom is 0.286 e. The molecule has 1 amide bonds. The quantitative estimate of drug-likeness (QED) is 0.873. The maximum absolute atomic E-state index is 11.7. The third kappa shape index (κ3) is 3.19. The first-order valence-corrected chi connectivity index (χ1v) is 6.89. The molecule has 2 rings (SSSR count). The number of hydrogen-bond acceptors (Lipinski definition) is 4. The Kier molecular flexibility index (Phi) is 4.29. The molecule has 0 aliphatic heterocycles. The molecule has 0 saturated carbocycles. The Bertz CT molecular complexity index is 593. The fraction of sp³-hybridized carbons (Fsp3) is 0.286. The van der Waals surface area contributed by atoms with Gasteiger partial charge in [0.25, 0.3) is 5.91 Å². The monoisotopic (exact) mass is 276 g/mol. The predicted molar refractivity (Wildman–Crippen MR) is 76.1 cm³/mol. The Morgan fingerprint density at radius 3 is 2.89 bits per heavy atom. The summed E-state index contributed by atoms with van der Waals surface area (Å²) in [6.45, 7) is 6.35. The molecule has 0 aliphatic carbocycles. The van der Waals surface area contributed by atoms with E-state index in [-0.39, 0.29) is 5.91 Å². The Hall–Kier alpha value is -1.72. The smallest absolute Gasteiger partial charge is 0.274 e. The van der Waals surface area contributed by atoms with E-state index < -0.39 is 0 Å². The molecule has 1 aromatic carbocycles. The Morgan fingerprint density at radius 1 is 1.42 bits per heavy atom. The lowest BCUT2D eigenvalue weighted by atomic mass is 10.1. The molecule has 5 heteroatoms. The third-order valence-electron chi connectivity index (χ3n) is 2.65. The van der Waals surface area contributed by atoms with Crippen LogP contribution in [-0.2, 0) is 4.84 Å². The maximum atomic E-state index is 11.7. The number of amides is 1. The van der Waals surface area contributed by atoms with Gasteiger partial charge in [-0.2, -0.15) is 0 Å². The number of nitrogens with zero attached hydrogens (tertiary/aromatic N) is 1. The van der Waals surface area contributed by atoms with E-state index in [1.807, 2.05) is 26.0 Å². The van der Waals surface area contributed by atoms with Gasteiger partial charge in [-0.15, -0.1) is 11.3 Å². The zero-order valence-electron chi connectivity index (χ0n) is 11.2. The summed E-state index contributed by atoms with van der Waals surface area (Å²) in [4.78, 5) is 21.5. The van der Waals surface area contributed by atoms with E-state index in [4.69, 9.17) is 4.84 Å². The summed E-state index contributed by atoms with van der Waals surface area (Å²) in [5, 5.41) is 0.846. The lowest BCUT2D eigenvalue weighted by Crippen LogP contribution is -2.22. The number of hydroxylamine groups is 1. The van der Waals surface area contributed by atoms with Gasteiger partial charge in [-0.05, 0) is 26.3 Å².